The molecular weight excluding hydrogens is 374 g/mol. The number of para-hydroxylation sites is 1. The Labute approximate surface area is 169 Å². The number of hydrogen-bond donors (Lipinski definition) is 2. The van der Waals surface area contributed by atoms with Crippen LogP contribution in [0, 0.1) is 0 Å². The van der Waals surface area contributed by atoms with Gasteiger partial charge in [0.1, 0.15) is 0 Å². The van der Waals surface area contributed by atoms with Crippen LogP contribution < -0.4 is 14.9 Å². The van der Waals surface area contributed by atoms with Crippen molar-refractivity contribution < 1.29 is 8.42 Å². The van der Waals surface area contributed by atoms with Gasteiger partial charge in [0.25, 0.3) is 0 Å². The summed E-state index contributed by atoms with van der Waals surface area (Å²) in [5, 5.41) is 6.42. The molecular formula is C20H33N5O2S. The summed E-state index contributed by atoms with van der Waals surface area (Å²) in [6.07, 6.45) is 3.19. The van der Waals surface area contributed by atoms with Crippen LogP contribution in [0.15, 0.2) is 29.3 Å². The lowest BCUT2D eigenvalue weighted by Crippen LogP contribution is -2.42. The Morgan fingerprint density at radius 3 is 2.82 bits per heavy atom. The van der Waals surface area contributed by atoms with Gasteiger partial charge in [0.2, 0.25) is 10.0 Å². The lowest BCUT2D eigenvalue weighted by molar-refractivity contribution is 0.273. The fourth-order valence-electron chi connectivity index (χ4n) is 4.06. The summed E-state index contributed by atoms with van der Waals surface area (Å²) in [5.74, 6) is 0.749. The van der Waals surface area contributed by atoms with E-state index < -0.39 is 10.0 Å². The Bertz CT molecular complexity index is 781. The molecule has 28 heavy (non-hydrogen) atoms. The molecule has 0 aliphatic carbocycles. The summed E-state index contributed by atoms with van der Waals surface area (Å²) in [6, 6.07) is 8.23. The lowest BCUT2D eigenvalue weighted by atomic mass is 10.2. The highest BCUT2D eigenvalue weighted by atomic mass is 32.2. The van der Waals surface area contributed by atoms with Crippen molar-refractivity contribution in [2.24, 2.45) is 4.99 Å². The fourth-order valence-corrected chi connectivity index (χ4v) is 5.49. The zero-order valence-electron chi connectivity index (χ0n) is 17.0. The lowest BCUT2D eigenvalue weighted by Gasteiger charge is -2.22. The molecule has 1 aromatic rings. The molecule has 1 atom stereocenters. The highest BCUT2D eigenvalue weighted by Gasteiger charge is 2.28. The molecule has 3 rings (SSSR count). The summed E-state index contributed by atoms with van der Waals surface area (Å²) in [7, 11) is -3.35. The van der Waals surface area contributed by atoms with Gasteiger partial charge in [0, 0.05) is 25.7 Å². The summed E-state index contributed by atoms with van der Waals surface area (Å²) >= 11 is 0. The fraction of sp³-hybridized carbons (Fsp3) is 0.650. The van der Waals surface area contributed by atoms with E-state index in [4.69, 9.17) is 4.99 Å². The Hall–Kier alpha value is -1.80. The molecule has 1 aromatic carbocycles. The average molecular weight is 408 g/mol. The first kappa shape index (κ1) is 20.9. The van der Waals surface area contributed by atoms with Crippen LogP contribution in [0.2, 0.25) is 0 Å². The molecule has 156 valence electrons. The molecule has 0 saturated carbocycles. The molecule has 0 radical (unpaired) electrons. The molecule has 0 aromatic heterocycles. The zero-order chi connectivity index (χ0) is 20.0. The monoisotopic (exact) mass is 407 g/mol. The standard InChI is InChI=1S/C20H33N5O2S/c1-3-21-20(23-16-18-9-7-13-24(18)4-2)22-12-15-28(26,27)25-14-11-17-8-5-6-10-19(17)25/h5-6,8,10,18H,3-4,7,9,11-16H2,1-2H3,(H2,21,22,23). The first-order valence-corrected chi connectivity index (χ1v) is 12.0. The average Bonchev–Trinajstić information content (AvgIpc) is 3.32. The van der Waals surface area contributed by atoms with Crippen molar-refractivity contribution in [1.82, 2.24) is 15.5 Å². The van der Waals surface area contributed by atoms with E-state index in [2.05, 4.69) is 22.5 Å². The predicted octanol–water partition coefficient (Wildman–Crippen LogP) is 1.42. The van der Waals surface area contributed by atoms with E-state index >= 15 is 0 Å². The minimum absolute atomic E-state index is 0.0518. The molecule has 1 saturated heterocycles. The van der Waals surface area contributed by atoms with Gasteiger partial charge in [-0.15, -0.1) is 0 Å². The van der Waals surface area contributed by atoms with E-state index in [0.717, 1.165) is 43.9 Å². The van der Waals surface area contributed by atoms with Crippen LogP contribution in [0.25, 0.3) is 0 Å². The number of sulfonamides is 1. The van der Waals surface area contributed by atoms with Gasteiger partial charge in [-0.2, -0.15) is 0 Å². The van der Waals surface area contributed by atoms with E-state index in [1.54, 1.807) is 4.31 Å². The minimum atomic E-state index is -3.35. The van der Waals surface area contributed by atoms with Crippen LogP contribution in [-0.2, 0) is 16.4 Å². The van der Waals surface area contributed by atoms with Crippen LogP contribution in [0.5, 0.6) is 0 Å². The number of aliphatic imine (C=N–C) groups is 1. The van der Waals surface area contributed by atoms with Gasteiger partial charge in [0.05, 0.1) is 18.0 Å². The first-order valence-electron chi connectivity index (χ1n) is 10.4. The molecule has 2 aliphatic heterocycles. The van der Waals surface area contributed by atoms with Crippen LogP contribution in [0.4, 0.5) is 5.69 Å². The molecule has 1 unspecified atom stereocenters. The molecule has 1 fully saturated rings. The predicted molar refractivity (Wildman–Crippen MR) is 116 cm³/mol. The topological polar surface area (TPSA) is 77.0 Å². The summed E-state index contributed by atoms with van der Waals surface area (Å²) in [4.78, 5) is 7.15. The van der Waals surface area contributed by atoms with E-state index in [-0.39, 0.29) is 5.75 Å². The van der Waals surface area contributed by atoms with Crippen molar-refractivity contribution in [2.75, 3.05) is 49.3 Å². The van der Waals surface area contributed by atoms with Crippen molar-refractivity contribution in [1.29, 1.82) is 0 Å². The number of likely N-dealkylation sites (N-methyl/N-ethyl adjacent to an activating group) is 1. The number of nitrogens with zero attached hydrogens (tertiary/aromatic N) is 3. The minimum Gasteiger partial charge on any atom is -0.357 e. The van der Waals surface area contributed by atoms with Gasteiger partial charge in [-0.1, -0.05) is 25.1 Å². The number of rotatable bonds is 8. The van der Waals surface area contributed by atoms with Crippen LogP contribution in [-0.4, -0.2) is 70.3 Å². The maximum Gasteiger partial charge on any atom is 0.236 e. The van der Waals surface area contributed by atoms with Crippen molar-refractivity contribution in [3.05, 3.63) is 29.8 Å². The molecule has 7 nitrogen and oxygen atoms in total. The Kier molecular flexibility index (Phi) is 7.18. The Morgan fingerprint density at radius 1 is 1.21 bits per heavy atom. The maximum atomic E-state index is 12.8. The quantitative estimate of drug-likeness (QED) is 0.503. The normalized spacial score (nSPS) is 20.4. The Balaban J connectivity index is 1.54. The second kappa shape index (κ2) is 9.60. The van der Waals surface area contributed by atoms with E-state index in [9.17, 15) is 8.42 Å². The van der Waals surface area contributed by atoms with Gasteiger partial charge >= 0.3 is 0 Å². The molecule has 8 heteroatoms. The van der Waals surface area contributed by atoms with Gasteiger partial charge in [0.15, 0.2) is 5.96 Å². The number of hydrogen-bond acceptors (Lipinski definition) is 4. The van der Waals surface area contributed by atoms with Crippen molar-refractivity contribution >= 4 is 21.7 Å². The number of likely N-dealkylation sites (tertiary alicyclic amines) is 1. The summed E-state index contributed by atoms with van der Waals surface area (Å²) < 4.78 is 27.2. The highest BCUT2D eigenvalue weighted by Crippen LogP contribution is 2.29. The van der Waals surface area contributed by atoms with E-state index in [1.807, 2.05) is 31.2 Å². The first-order chi connectivity index (χ1) is 13.5. The largest absolute Gasteiger partial charge is 0.357 e. The molecule has 0 amide bonds. The number of benzene rings is 1. The summed E-state index contributed by atoms with van der Waals surface area (Å²) in [5.41, 5.74) is 1.93. The van der Waals surface area contributed by atoms with Crippen molar-refractivity contribution in [2.45, 2.75) is 39.2 Å². The maximum absolute atomic E-state index is 12.8. The number of nitrogens with one attached hydrogen (secondary N) is 2. The van der Waals surface area contributed by atoms with Gasteiger partial charge in [-0.05, 0) is 50.9 Å². The van der Waals surface area contributed by atoms with Crippen LogP contribution >= 0.6 is 0 Å². The second-order valence-electron chi connectivity index (χ2n) is 7.34. The second-order valence-corrected chi connectivity index (χ2v) is 9.35. The van der Waals surface area contributed by atoms with Gasteiger partial charge in [-0.25, -0.2) is 8.42 Å². The molecule has 2 heterocycles. The number of fused-ring (bicyclic) bond motifs is 1. The molecule has 0 spiro atoms. The smallest absolute Gasteiger partial charge is 0.236 e. The third-order valence-corrected chi connectivity index (χ3v) is 7.31. The third kappa shape index (κ3) is 4.97. The van der Waals surface area contributed by atoms with Crippen LogP contribution in [0.3, 0.4) is 0 Å². The Morgan fingerprint density at radius 2 is 2.04 bits per heavy atom. The van der Waals surface area contributed by atoms with Gasteiger partial charge in [-0.3, -0.25) is 14.2 Å². The zero-order valence-corrected chi connectivity index (χ0v) is 17.8. The molecule has 2 aliphatic rings. The van der Waals surface area contributed by atoms with Crippen LogP contribution in [0.1, 0.15) is 32.3 Å². The SMILES string of the molecule is CCNC(=NCC1CCCN1CC)NCCS(=O)(=O)N1CCc2ccccc21. The molecule has 0 bridgehead atoms. The van der Waals surface area contributed by atoms with E-state index in [0.29, 0.717) is 25.1 Å². The van der Waals surface area contributed by atoms with Gasteiger partial charge < -0.3 is 10.6 Å². The molecule has 2 N–H and O–H groups in total. The van der Waals surface area contributed by atoms with Crippen molar-refractivity contribution in [3.8, 4) is 0 Å². The number of anilines is 1. The number of guanidine groups is 1. The third-order valence-electron chi connectivity index (χ3n) is 5.54. The summed E-state index contributed by atoms with van der Waals surface area (Å²) in [6.45, 7) is 8.78. The van der Waals surface area contributed by atoms with E-state index in [1.165, 1.54) is 12.8 Å². The van der Waals surface area contributed by atoms with Crippen molar-refractivity contribution in [3.63, 3.8) is 0 Å². The highest BCUT2D eigenvalue weighted by molar-refractivity contribution is 7.92.